The van der Waals surface area contributed by atoms with Gasteiger partial charge in [-0.2, -0.15) is 4.39 Å². The van der Waals surface area contributed by atoms with E-state index in [1.165, 1.54) is 12.3 Å². The number of carbonyl (C=O) groups excluding carboxylic acids is 1. The molecule has 1 rings (SSSR count). The van der Waals surface area contributed by atoms with Crippen LogP contribution in [0, 0.1) is 17.8 Å². The minimum atomic E-state index is -0.761. The second kappa shape index (κ2) is 3.54. The van der Waals surface area contributed by atoms with Crippen LogP contribution < -0.4 is 11.5 Å². The smallest absolute Gasteiger partial charge is 0.293 e. The van der Waals surface area contributed by atoms with Crippen LogP contribution in [0.1, 0.15) is 5.56 Å². The Kier molecular flexibility index (Phi) is 2.45. The van der Waals surface area contributed by atoms with Gasteiger partial charge in [0.25, 0.3) is 5.91 Å². The Hall–Kier alpha value is -2.09. The maximum atomic E-state index is 12.5. The van der Waals surface area contributed by atoms with Gasteiger partial charge in [0.2, 0.25) is 5.95 Å². The molecule has 0 aliphatic heterocycles. The third-order valence-corrected chi connectivity index (χ3v) is 1.20. The van der Waals surface area contributed by atoms with Gasteiger partial charge in [-0.1, -0.05) is 5.92 Å². The van der Waals surface area contributed by atoms with Gasteiger partial charge in [-0.15, -0.1) is 0 Å². The zero-order chi connectivity index (χ0) is 9.84. The Labute approximate surface area is 73.8 Å². The quantitative estimate of drug-likeness (QED) is 0.421. The summed E-state index contributed by atoms with van der Waals surface area (Å²) in [7, 11) is 0. The van der Waals surface area contributed by atoms with Gasteiger partial charge in [0, 0.05) is 17.7 Å². The number of primary amides is 1. The van der Waals surface area contributed by atoms with Crippen molar-refractivity contribution in [2.45, 2.75) is 0 Å². The summed E-state index contributed by atoms with van der Waals surface area (Å²) in [6.45, 7) is 0. The van der Waals surface area contributed by atoms with E-state index in [0.29, 0.717) is 5.56 Å². The SMILES string of the molecule is NC(=O)C#Cc1cnc(F)c(N)c1. The van der Waals surface area contributed by atoms with Crippen molar-refractivity contribution in [1.29, 1.82) is 0 Å². The van der Waals surface area contributed by atoms with E-state index in [0.717, 1.165) is 0 Å². The number of hydrogen-bond donors (Lipinski definition) is 2. The topological polar surface area (TPSA) is 82.0 Å². The minimum absolute atomic E-state index is 0.115. The van der Waals surface area contributed by atoms with Crippen LogP contribution in [-0.2, 0) is 4.79 Å². The molecule has 4 N–H and O–H groups in total. The molecule has 0 fully saturated rings. The van der Waals surface area contributed by atoms with Crippen molar-refractivity contribution >= 4 is 11.6 Å². The van der Waals surface area contributed by atoms with Crippen molar-refractivity contribution in [3.63, 3.8) is 0 Å². The number of nitrogens with two attached hydrogens (primary N) is 2. The number of aromatic nitrogens is 1. The van der Waals surface area contributed by atoms with Crippen LogP contribution in [-0.4, -0.2) is 10.9 Å². The van der Waals surface area contributed by atoms with Crippen molar-refractivity contribution in [2.24, 2.45) is 5.73 Å². The highest BCUT2D eigenvalue weighted by Crippen LogP contribution is 2.07. The summed E-state index contributed by atoms with van der Waals surface area (Å²) in [5, 5.41) is 0. The molecular weight excluding hydrogens is 173 g/mol. The number of halogens is 1. The average Bonchev–Trinajstić information content (AvgIpc) is 2.07. The predicted octanol–water partition coefficient (Wildman–Crippen LogP) is -0.360. The maximum absolute atomic E-state index is 12.5. The van der Waals surface area contributed by atoms with Crippen LogP contribution in [0.3, 0.4) is 0 Å². The number of pyridine rings is 1. The first-order valence-corrected chi connectivity index (χ1v) is 3.32. The van der Waals surface area contributed by atoms with E-state index in [1.54, 1.807) is 0 Å². The Morgan fingerprint density at radius 1 is 1.62 bits per heavy atom. The van der Waals surface area contributed by atoms with Crippen molar-refractivity contribution in [2.75, 3.05) is 5.73 Å². The van der Waals surface area contributed by atoms with Crippen LogP contribution in [0.2, 0.25) is 0 Å². The van der Waals surface area contributed by atoms with Gasteiger partial charge < -0.3 is 11.5 Å². The molecule has 0 unspecified atom stereocenters. The lowest BCUT2D eigenvalue weighted by Gasteiger charge is -1.94. The van der Waals surface area contributed by atoms with Gasteiger partial charge in [-0.3, -0.25) is 4.79 Å². The van der Waals surface area contributed by atoms with E-state index in [4.69, 9.17) is 11.5 Å². The lowest BCUT2D eigenvalue weighted by Crippen LogP contribution is -2.06. The van der Waals surface area contributed by atoms with Crippen LogP contribution in [0.15, 0.2) is 12.3 Å². The molecule has 0 aliphatic carbocycles. The fourth-order valence-electron chi connectivity index (χ4n) is 0.667. The second-order valence-corrected chi connectivity index (χ2v) is 2.22. The molecule has 0 radical (unpaired) electrons. The Morgan fingerprint density at radius 2 is 2.31 bits per heavy atom. The summed E-state index contributed by atoms with van der Waals surface area (Å²) in [4.78, 5) is 13.6. The molecule has 0 bridgehead atoms. The predicted molar refractivity (Wildman–Crippen MR) is 44.7 cm³/mol. The van der Waals surface area contributed by atoms with E-state index >= 15 is 0 Å². The molecule has 0 saturated carbocycles. The lowest BCUT2D eigenvalue weighted by molar-refractivity contribution is -0.112. The van der Waals surface area contributed by atoms with Gasteiger partial charge in [-0.25, -0.2) is 4.98 Å². The minimum Gasteiger partial charge on any atom is -0.395 e. The van der Waals surface area contributed by atoms with E-state index in [9.17, 15) is 9.18 Å². The van der Waals surface area contributed by atoms with Gasteiger partial charge in [-0.05, 0) is 6.07 Å². The zero-order valence-corrected chi connectivity index (χ0v) is 6.54. The lowest BCUT2D eigenvalue weighted by atomic mass is 10.2. The van der Waals surface area contributed by atoms with Gasteiger partial charge in [0.05, 0.1) is 5.69 Å². The molecule has 1 aromatic rings. The molecule has 0 saturated heterocycles. The molecule has 13 heavy (non-hydrogen) atoms. The number of nitrogens with zero attached hydrogens (tertiary/aromatic N) is 1. The molecular formula is C8H6FN3O. The summed E-state index contributed by atoms with van der Waals surface area (Å²) < 4.78 is 12.5. The number of hydrogen-bond acceptors (Lipinski definition) is 3. The van der Waals surface area contributed by atoms with Gasteiger partial charge in [0.1, 0.15) is 0 Å². The van der Waals surface area contributed by atoms with Crippen LogP contribution in [0.4, 0.5) is 10.1 Å². The monoisotopic (exact) mass is 179 g/mol. The Morgan fingerprint density at radius 3 is 2.85 bits per heavy atom. The first kappa shape index (κ1) is 9.00. The van der Waals surface area contributed by atoms with Crippen molar-refractivity contribution in [3.8, 4) is 11.8 Å². The van der Waals surface area contributed by atoms with Crippen molar-refractivity contribution in [1.82, 2.24) is 4.98 Å². The number of nitrogen functional groups attached to an aromatic ring is 1. The zero-order valence-electron chi connectivity index (χ0n) is 6.54. The molecule has 0 spiro atoms. The largest absolute Gasteiger partial charge is 0.395 e. The fourth-order valence-corrected chi connectivity index (χ4v) is 0.667. The number of rotatable bonds is 0. The number of carbonyl (C=O) groups is 1. The Balaban J connectivity index is 3.00. The molecule has 1 aromatic heterocycles. The average molecular weight is 179 g/mol. The first-order valence-electron chi connectivity index (χ1n) is 3.32. The standard InChI is InChI=1S/C8H6FN3O/c9-8-6(10)3-5(4-12-8)1-2-7(11)13/h3-4H,10H2,(H2,11,13). The molecule has 1 amide bonds. The first-order chi connectivity index (χ1) is 6.09. The third kappa shape index (κ3) is 2.45. The van der Waals surface area contributed by atoms with Crippen molar-refractivity contribution < 1.29 is 9.18 Å². The number of amides is 1. The summed E-state index contributed by atoms with van der Waals surface area (Å²) in [5.41, 5.74) is 10.2. The highest BCUT2D eigenvalue weighted by atomic mass is 19.1. The summed E-state index contributed by atoms with van der Waals surface area (Å²) in [5.74, 6) is 2.94. The summed E-state index contributed by atoms with van der Waals surface area (Å²) >= 11 is 0. The summed E-state index contributed by atoms with van der Waals surface area (Å²) in [6, 6.07) is 1.28. The summed E-state index contributed by atoms with van der Waals surface area (Å²) in [6.07, 6.45) is 1.17. The molecule has 4 nitrogen and oxygen atoms in total. The van der Waals surface area contributed by atoms with Gasteiger partial charge >= 0.3 is 0 Å². The molecule has 5 heteroatoms. The van der Waals surface area contributed by atoms with Gasteiger partial charge in [0.15, 0.2) is 0 Å². The van der Waals surface area contributed by atoms with Crippen LogP contribution in [0.5, 0.6) is 0 Å². The third-order valence-electron chi connectivity index (χ3n) is 1.20. The van der Waals surface area contributed by atoms with E-state index in [-0.39, 0.29) is 5.69 Å². The molecule has 0 aliphatic rings. The maximum Gasteiger partial charge on any atom is 0.293 e. The van der Waals surface area contributed by atoms with E-state index in [1.807, 2.05) is 0 Å². The van der Waals surface area contributed by atoms with Crippen LogP contribution in [0.25, 0.3) is 0 Å². The highest BCUT2D eigenvalue weighted by molar-refractivity contribution is 5.92. The molecule has 66 valence electrons. The molecule has 1 heterocycles. The molecule has 0 atom stereocenters. The number of anilines is 1. The van der Waals surface area contributed by atoms with E-state index in [2.05, 4.69) is 16.8 Å². The highest BCUT2D eigenvalue weighted by Gasteiger charge is 1.98. The molecule has 0 aromatic carbocycles. The normalized spacial score (nSPS) is 8.69. The van der Waals surface area contributed by atoms with E-state index < -0.39 is 11.9 Å². The Bertz CT molecular complexity index is 406. The van der Waals surface area contributed by atoms with Crippen molar-refractivity contribution in [3.05, 3.63) is 23.8 Å². The fraction of sp³-hybridized carbons (Fsp3) is 0. The van der Waals surface area contributed by atoms with Crippen LogP contribution >= 0.6 is 0 Å². The second-order valence-electron chi connectivity index (χ2n) is 2.22.